The molecule has 0 bridgehead atoms. The number of hydrogen-bond acceptors (Lipinski definition) is 4. The maximum Gasteiger partial charge on any atom is 0.180 e. The van der Waals surface area contributed by atoms with Crippen molar-refractivity contribution in [2.75, 3.05) is 5.75 Å². The van der Waals surface area contributed by atoms with Crippen molar-refractivity contribution in [3.05, 3.63) is 71.0 Å². The Morgan fingerprint density at radius 2 is 1.58 bits per heavy atom. The lowest BCUT2D eigenvalue weighted by Crippen LogP contribution is -2.08. The fourth-order valence-electron chi connectivity index (χ4n) is 2.77. The van der Waals surface area contributed by atoms with Gasteiger partial charge in [0, 0.05) is 11.8 Å². The molecule has 4 nitrogen and oxygen atoms in total. The van der Waals surface area contributed by atoms with Crippen LogP contribution in [0.1, 0.15) is 12.5 Å². The van der Waals surface area contributed by atoms with Gasteiger partial charge in [0.2, 0.25) is 0 Å². The van der Waals surface area contributed by atoms with Crippen molar-refractivity contribution in [1.29, 1.82) is 5.26 Å². The number of pyridine rings is 1. The fraction of sp³-hybridized carbons (Fsp3) is 0.100. The molecule has 0 amide bonds. The Morgan fingerprint density at radius 1 is 1.00 bits per heavy atom. The van der Waals surface area contributed by atoms with Gasteiger partial charge in [0.15, 0.2) is 9.84 Å². The first kappa shape index (κ1) is 18.1. The summed E-state index contributed by atoms with van der Waals surface area (Å²) in [6, 6.07) is 19.4. The Morgan fingerprint density at radius 3 is 2.15 bits per heavy atom. The van der Waals surface area contributed by atoms with Crippen LogP contribution in [-0.2, 0) is 9.84 Å². The zero-order chi connectivity index (χ0) is 18.7. The van der Waals surface area contributed by atoms with Gasteiger partial charge in [-0.25, -0.2) is 8.42 Å². The van der Waals surface area contributed by atoms with Crippen LogP contribution >= 0.6 is 12.2 Å². The molecule has 0 saturated carbocycles. The number of H-pyrrole nitrogens is 1. The number of sulfone groups is 1. The third-order valence-electron chi connectivity index (χ3n) is 4.17. The molecule has 0 saturated heterocycles. The minimum Gasteiger partial charge on any atom is -0.350 e. The molecule has 0 aliphatic heterocycles. The SMILES string of the molecule is CCS(=O)(=O)c1c[nH]c(=S)c(C#N)c1-c1ccc(-c2ccccc2)cc1. The van der Waals surface area contributed by atoms with Crippen LogP contribution in [0.25, 0.3) is 22.3 Å². The zero-order valence-electron chi connectivity index (χ0n) is 14.1. The van der Waals surface area contributed by atoms with Crippen LogP contribution < -0.4 is 0 Å². The predicted molar refractivity (Wildman–Crippen MR) is 105 cm³/mol. The Labute approximate surface area is 157 Å². The third-order valence-corrected chi connectivity index (χ3v) is 6.24. The highest BCUT2D eigenvalue weighted by molar-refractivity contribution is 7.91. The van der Waals surface area contributed by atoms with Crippen molar-refractivity contribution >= 4 is 22.1 Å². The maximum atomic E-state index is 12.5. The molecule has 1 heterocycles. The van der Waals surface area contributed by atoms with Gasteiger partial charge in [-0.15, -0.1) is 0 Å². The molecule has 0 spiro atoms. The second-order valence-corrected chi connectivity index (χ2v) is 8.35. The monoisotopic (exact) mass is 380 g/mol. The molecule has 1 N–H and O–H groups in total. The fourth-order valence-corrected chi connectivity index (χ4v) is 4.05. The summed E-state index contributed by atoms with van der Waals surface area (Å²) >= 11 is 5.19. The van der Waals surface area contributed by atoms with Crippen molar-refractivity contribution in [2.24, 2.45) is 0 Å². The van der Waals surface area contributed by atoms with Crippen LogP contribution in [0.3, 0.4) is 0 Å². The van der Waals surface area contributed by atoms with E-state index in [0.29, 0.717) is 11.1 Å². The average molecular weight is 380 g/mol. The number of nitriles is 1. The lowest BCUT2D eigenvalue weighted by molar-refractivity contribution is 0.597. The second kappa shape index (κ2) is 7.24. The molecule has 6 heteroatoms. The molecule has 0 radical (unpaired) electrons. The van der Waals surface area contributed by atoms with Crippen LogP contribution in [0.5, 0.6) is 0 Å². The van der Waals surface area contributed by atoms with E-state index in [4.69, 9.17) is 12.2 Å². The van der Waals surface area contributed by atoms with Crippen molar-refractivity contribution in [1.82, 2.24) is 4.98 Å². The summed E-state index contributed by atoms with van der Waals surface area (Å²) in [5, 5.41) is 9.52. The van der Waals surface area contributed by atoms with Crippen LogP contribution in [0.4, 0.5) is 0 Å². The summed E-state index contributed by atoms with van der Waals surface area (Å²) in [6.07, 6.45) is 1.38. The summed E-state index contributed by atoms with van der Waals surface area (Å²) < 4.78 is 25.2. The van der Waals surface area contributed by atoms with Crippen LogP contribution in [0.2, 0.25) is 0 Å². The minimum absolute atomic E-state index is 0.0580. The van der Waals surface area contributed by atoms with E-state index in [1.807, 2.05) is 60.7 Å². The molecule has 0 unspecified atom stereocenters. The maximum absolute atomic E-state index is 12.5. The van der Waals surface area contributed by atoms with Gasteiger partial charge in [-0.05, 0) is 16.7 Å². The molecule has 2 aromatic carbocycles. The van der Waals surface area contributed by atoms with E-state index >= 15 is 0 Å². The van der Waals surface area contributed by atoms with Gasteiger partial charge in [-0.2, -0.15) is 5.26 Å². The van der Waals surface area contributed by atoms with Crippen molar-refractivity contribution in [3.63, 3.8) is 0 Å². The van der Waals surface area contributed by atoms with Gasteiger partial charge in [-0.1, -0.05) is 73.7 Å². The van der Waals surface area contributed by atoms with E-state index in [1.165, 1.54) is 6.20 Å². The molecule has 26 heavy (non-hydrogen) atoms. The summed E-state index contributed by atoms with van der Waals surface area (Å²) in [4.78, 5) is 2.82. The first-order valence-electron chi connectivity index (χ1n) is 8.02. The van der Waals surface area contributed by atoms with E-state index in [-0.39, 0.29) is 20.9 Å². The van der Waals surface area contributed by atoms with E-state index in [2.05, 4.69) is 4.98 Å². The number of hydrogen-bond donors (Lipinski definition) is 1. The molecular weight excluding hydrogens is 364 g/mol. The third kappa shape index (κ3) is 3.32. The molecule has 0 aliphatic rings. The lowest BCUT2D eigenvalue weighted by Gasteiger charge is -2.12. The summed E-state index contributed by atoms with van der Waals surface area (Å²) in [5.41, 5.74) is 3.24. The topological polar surface area (TPSA) is 73.7 Å². The standard InChI is InChI=1S/C20H16N2O2S2/c1-2-26(23,24)18-13-22-20(25)17(12-21)19(18)16-10-8-15(9-11-16)14-6-4-3-5-7-14/h3-11,13H,2H2,1H3,(H,22,25). The lowest BCUT2D eigenvalue weighted by atomic mass is 9.98. The smallest absolute Gasteiger partial charge is 0.180 e. The molecule has 3 aromatic rings. The van der Waals surface area contributed by atoms with Gasteiger partial charge in [0.25, 0.3) is 0 Å². The first-order chi connectivity index (χ1) is 12.5. The van der Waals surface area contributed by atoms with Gasteiger partial charge in [-0.3, -0.25) is 0 Å². The normalized spacial score (nSPS) is 11.1. The Kier molecular flexibility index (Phi) is 5.03. The van der Waals surface area contributed by atoms with Crippen LogP contribution in [0.15, 0.2) is 65.7 Å². The number of rotatable bonds is 4. The number of nitrogens with one attached hydrogen (secondary N) is 1. The molecule has 130 valence electrons. The highest BCUT2D eigenvalue weighted by atomic mass is 32.2. The quantitative estimate of drug-likeness (QED) is 0.663. The van der Waals surface area contributed by atoms with Gasteiger partial charge >= 0.3 is 0 Å². The Bertz CT molecular complexity index is 1140. The van der Waals surface area contributed by atoms with E-state index in [1.54, 1.807) is 6.92 Å². The molecule has 0 fully saturated rings. The number of nitrogens with zero attached hydrogens (tertiary/aromatic N) is 1. The van der Waals surface area contributed by atoms with Crippen molar-refractivity contribution < 1.29 is 8.42 Å². The highest BCUT2D eigenvalue weighted by Crippen LogP contribution is 2.32. The van der Waals surface area contributed by atoms with E-state index in [9.17, 15) is 13.7 Å². The highest BCUT2D eigenvalue weighted by Gasteiger charge is 2.22. The summed E-state index contributed by atoms with van der Waals surface area (Å²) in [7, 11) is -3.52. The number of benzene rings is 2. The predicted octanol–water partition coefficient (Wildman–Crippen LogP) is 4.74. The number of aromatic nitrogens is 1. The molecule has 1 aromatic heterocycles. The molecule has 0 aliphatic carbocycles. The molecule has 3 rings (SSSR count). The molecular formula is C20H16N2O2S2. The minimum atomic E-state index is -3.52. The van der Waals surface area contributed by atoms with E-state index < -0.39 is 9.84 Å². The Hall–Kier alpha value is -2.75. The van der Waals surface area contributed by atoms with Crippen LogP contribution in [0, 0.1) is 16.0 Å². The largest absolute Gasteiger partial charge is 0.350 e. The average Bonchev–Trinajstić information content (AvgIpc) is 2.68. The van der Waals surface area contributed by atoms with Crippen molar-refractivity contribution in [2.45, 2.75) is 11.8 Å². The number of aromatic amines is 1. The first-order valence-corrected chi connectivity index (χ1v) is 10.1. The molecule has 0 atom stereocenters. The van der Waals surface area contributed by atoms with Crippen LogP contribution in [-0.4, -0.2) is 19.2 Å². The summed E-state index contributed by atoms with van der Waals surface area (Å²) in [6.45, 7) is 1.57. The van der Waals surface area contributed by atoms with Crippen molar-refractivity contribution in [3.8, 4) is 28.3 Å². The Balaban J connectivity index is 2.22. The zero-order valence-corrected chi connectivity index (χ0v) is 15.7. The second-order valence-electron chi connectivity index (χ2n) is 5.69. The van der Waals surface area contributed by atoms with Gasteiger partial charge in [0.05, 0.1) is 16.2 Å². The summed E-state index contributed by atoms with van der Waals surface area (Å²) in [5.74, 6) is -0.0580. The van der Waals surface area contributed by atoms with Gasteiger partial charge in [0.1, 0.15) is 10.7 Å². The van der Waals surface area contributed by atoms with Gasteiger partial charge < -0.3 is 4.98 Å². The van der Waals surface area contributed by atoms with E-state index in [0.717, 1.165) is 11.1 Å².